The van der Waals surface area contributed by atoms with Crippen LogP contribution in [0, 0.1) is 11.3 Å². The number of aliphatic imine (C=N–C) groups is 1. The van der Waals surface area contributed by atoms with Gasteiger partial charge in [-0.05, 0) is 71.6 Å². The van der Waals surface area contributed by atoms with E-state index in [4.69, 9.17) is 9.73 Å². The lowest BCUT2D eigenvalue weighted by Crippen LogP contribution is -2.52. The molecule has 0 saturated heterocycles. The van der Waals surface area contributed by atoms with Crippen molar-refractivity contribution in [3.63, 3.8) is 0 Å². The topological polar surface area (TPSA) is 21.6 Å². The van der Waals surface area contributed by atoms with Gasteiger partial charge >= 0.3 is 0 Å². The molecule has 4 atom stereocenters. The molecule has 2 heteroatoms. The summed E-state index contributed by atoms with van der Waals surface area (Å²) in [5.41, 5.74) is 6.29. The zero-order chi connectivity index (χ0) is 21.6. The number of nitrogens with zero attached hydrogens (tertiary/aromatic N) is 1. The molecule has 2 aromatic carbocycles. The van der Waals surface area contributed by atoms with Crippen LogP contribution < -0.4 is 0 Å². The fraction of sp³-hybridized carbons (Fsp3) is 0.552. The maximum Gasteiger partial charge on any atom is 0.190 e. The van der Waals surface area contributed by atoms with E-state index in [0.717, 1.165) is 18.9 Å². The standard InChI is InChI=1S/C29H37NO/c1-20(2)22-11-13-25-23(18-22)12-14-26-28(25,3)15-8-16-29(26,4)27-30-24(19-31-27)17-21-9-6-5-7-10-21/h5-7,9-11,13,18,20,24,26H,8,12,14-17,19H2,1-4H3/t24-,26+,28+,29+/m0/s1. The predicted molar refractivity (Wildman–Crippen MR) is 129 cm³/mol. The molecule has 31 heavy (non-hydrogen) atoms. The third kappa shape index (κ3) is 3.52. The van der Waals surface area contributed by atoms with Gasteiger partial charge in [-0.3, -0.25) is 0 Å². The van der Waals surface area contributed by atoms with E-state index >= 15 is 0 Å². The lowest BCUT2D eigenvalue weighted by molar-refractivity contribution is 0.0601. The van der Waals surface area contributed by atoms with E-state index in [9.17, 15) is 0 Å². The number of aryl methyl sites for hydroxylation is 1. The average molecular weight is 416 g/mol. The Labute approximate surface area is 188 Å². The molecule has 0 unspecified atom stereocenters. The summed E-state index contributed by atoms with van der Waals surface area (Å²) in [5.74, 6) is 2.24. The van der Waals surface area contributed by atoms with Gasteiger partial charge in [-0.15, -0.1) is 0 Å². The zero-order valence-electron chi connectivity index (χ0n) is 19.7. The van der Waals surface area contributed by atoms with Crippen molar-refractivity contribution < 1.29 is 4.74 Å². The minimum absolute atomic E-state index is 0.0485. The highest BCUT2D eigenvalue weighted by molar-refractivity contribution is 5.84. The fourth-order valence-corrected chi connectivity index (χ4v) is 6.85. The molecule has 5 rings (SSSR count). The molecule has 1 saturated carbocycles. The fourth-order valence-electron chi connectivity index (χ4n) is 6.85. The van der Waals surface area contributed by atoms with Gasteiger partial charge in [0.25, 0.3) is 0 Å². The maximum atomic E-state index is 6.36. The second-order valence-corrected chi connectivity index (χ2v) is 10.9. The van der Waals surface area contributed by atoms with Crippen molar-refractivity contribution in [1.29, 1.82) is 0 Å². The molecule has 0 radical (unpaired) electrons. The van der Waals surface area contributed by atoms with Gasteiger partial charge < -0.3 is 4.74 Å². The molecule has 2 nitrogen and oxygen atoms in total. The highest BCUT2D eigenvalue weighted by Crippen LogP contribution is 2.58. The van der Waals surface area contributed by atoms with Crippen LogP contribution in [0.5, 0.6) is 0 Å². The summed E-state index contributed by atoms with van der Waals surface area (Å²) in [6, 6.07) is 18.3. The van der Waals surface area contributed by atoms with Crippen LogP contribution in [0.15, 0.2) is 53.5 Å². The number of fused-ring (bicyclic) bond motifs is 3. The molecule has 2 aliphatic carbocycles. The van der Waals surface area contributed by atoms with Crippen molar-refractivity contribution >= 4 is 5.90 Å². The third-order valence-corrected chi connectivity index (χ3v) is 8.56. The summed E-state index contributed by atoms with van der Waals surface area (Å²) in [5, 5.41) is 0. The summed E-state index contributed by atoms with van der Waals surface area (Å²) < 4.78 is 6.36. The molecule has 0 aromatic heterocycles. The van der Waals surface area contributed by atoms with Crippen molar-refractivity contribution in [2.24, 2.45) is 16.3 Å². The summed E-state index contributed by atoms with van der Waals surface area (Å²) in [4.78, 5) is 5.19. The van der Waals surface area contributed by atoms with Crippen LogP contribution in [0.4, 0.5) is 0 Å². The molecule has 0 N–H and O–H groups in total. The normalized spacial score (nSPS) is 32.2. The van der Waals surface area contributed by atoms with Gasteiger partial charge in [0.1, 0.15) is 6.61 Å². The van der Waals surface area contributed by atoms with E-state index in [0.29, 0.717) is 11.8 Å². The van der Waals surface area contributed by atoms with Gasteiger partial charge in [0.2, 0.25) is 0 Å². The molecular weight excluding hydrogens is 378 g/mol. The second-order valence-electron chi connectivity index (χ2n) is 10.9. The summed E-state index contributed by atoms with van der Waals surface area (Å²) in [6.07, 6.45) is 7.13. The molecule has 0 bridgehead atoms. The lowest BCUT2D eigenvalue weighted by Gasteiger charge is -2.54. The lowest BCUT2D eigenvalue weighted by atomic mass is 9.49. The van der Waals surface area contributed by atoms with Crippen LogP contribution in [0.3, 0.4) is 0 Å². The Morgan fingerprint density at radius 1 is 1.03 bits per heavy atom. The van der Waals surface area contributed by atoms with Gasteiger partial charge in [-0.2, -0.15) is 0 Å². The Kier molecular flexibility index (Phi) is 5.23. The molecule has 1 heterocycles. The van der Waals surface area contributed by atoms with Crippen molar-refractivity contribution in [2.75, 3.05) is 6.61 Å². The van der Waals surface area contributed by atoms with Gasteiger partial charge in [0, 0.05) is 5.41 Å². The largest absolute Gasteiger partial charge is 0.478 e. The molecule has 1 fully saturated rings. The molecule has 3 aliphatic rings. The van der Waals surface area contributed by atoms with E-state index in [1.54, 1.807) is 11.1 Å². The molecule has 164 valence electrons. The van der Waals surface area contributed by atoms with Gasteiger partial charge in [0.05, 0.1) is 6.04 Å². The van der Waals surface area contributed by atoms with Gasteiger partial charge in [-0.25, -0.2) is 4.99 Å². The van der Waals surface area contributed by atoms with Crippen molar-refractivity contribution in [3.05, 3.63) is 70.8 Å². The highest BCUT2D eigenvalue weighted by atomic mass is 16.5. The summed E-state index contributed by atoms with van der Waals surface area (Å²) in [6.45, 7) is 10.3. The Hall–Kier alpha value is -2.09. The summed E-state index contributed by atoms with van der Waals surface area (Å²) in [7, 11) is 0. The molecule has 1 aliphatic heterocycles. The van der Waals surface area contributed by atoms with Gasteiger partial charge in [0.15, 0.2) is 5.90 Å². The summed E-state index contributed by atoms with van der Waals surface area (Å²) >= 11 is 0. The van der Waals surface area contributed by atoms with Crippen LogP contribution in [0.25, 0.3) is 0 Å². The minimum Gasteiger partial charge on any atom is -0.478 e. The van der Waals surface area contributed by atoms with E-state index in [-0.39, 0.29) is 16.9 Å². The molecular formula is C29H37NO. The Bertz CT molecular complexity index is 977. The van der Waals surface area contributed by atoms with Crippen molar-refractivity contribution in [2.45, 2.75) is 83.6 Å². The second kappa shape index (κ2) is 7.80. The maximum absolute atomic E-state index is 6.36. The number of benzene rings is 2. The number of ether oxygens (including phenoxy) is 1. The molecule has 2 aromatic rings. The predicted octanol–water partition coefficient (Wildman–Crippen LogP) is 6.86. The number of hydrogen-bond acceptors (Lipinski definition) is 2. The van der Waals surface area contributed by atoms with E-state index in [1.807, 2.05) is 0 Å². The van der Waals surface area contributed by atoms with E-state index in [1.165, 1.54) is 43.2 Å². The van der Waals surface area contributed by atoms with Crippen LogP contribution in [0.1, 0.15) is 81.5 Å². The van der Waals surface area contributed by atoms with Crippen LogP contribution >= 0.6 is 0 Å². The molecule has 0 spiro atoms. The molecule has 0 amide bonds. The van der Waals surface area contributed by atoms with Crippen molar-refractivity contribution in [3.8, 4) is 0 Å². The SMILES string of the molecule is CC(C)c1ccc2c(c1)CC[C@H]1[C@](C)(C3=N[C@@H](Cc4ccccc4)CO3)CCC[C@]21C. The quantitative estimate of drug-likeness (QED) is 0.534. The first-order chi connectivity index (χ1) is 14.9. The van der Waals surface area contributed by atoms with Crippen LogP contribution in [-0.2, 0) is 23.0 Å². The van der Waals surface area contributed by atoms with Gasteiger partial charge in [-0.1, -0.05) is 82.6 Å². The average Bonchev–Trinajstić information content (AvgIpc) is 3.23. The first-order valence-electron chi connectivity index (χ1n) is 12.3. The van der Waals surface area contributed by atoms with Crippen molar-refractivity contribution in [1.82, 2.24) is 0 Å². The monoisotopic (exact) mass is 415 g/mol. The minimum atomic E-state index is 0.0485. The first-order valence-corrected chi connectivity index (χ1v) is 12.3. The van der Waals surface area contributed by atoms with Crippen LogP contribution in [0.2, 0.25) is 0 Å². The Morgan fingerprint density at radius 2 is 1.81 bits per heavy atom. The number of rotatable bonds is 4. The van der Waals surface area contributed by atoms with Crippen LogP contribution in [-0.4, -0.2) is 18.5 Å². The first kappa shape index (κ1) is 20.8. The highest BCUT2D eigenvalue weighted by Gasteiger charge is 2.55. The number of hydrogen-bond donors (Lipinski definition) is 0. The Balaban J connectivity index is 1.44. The smallest absolute Gasteiger partial charge is 0.190 e. The third-order valence-electron chi connectivity index (χ3n) is 8.56. The van der Waals surface area contributed by atoms with E-state index < -0.39 is 0 Å². The Morgan fingerprint density at radius 3 is 2.58 bits per heavy atom. The zero-order valence-corrected chi connectivity index (χ0v) is 19.7. The van der Waals surface area contributed by atoms with E-state index in [2.05, 4.69) is 76.2 Å².